The van der Waals surface area contributed by atoms with Gasteiger partial charge in [0.25, 0.3) is 0 Å². The van der Waals surface area contributed by atoms with Gasteiger partial charge in [0.15, 0.2) is 0 Å². The molecule has 0 aliphatic carbocycles. The minimum absolute atomic E-state index is 0.126. The highest BCUT2D eigenvalue weighted by Gasteiger charge is 2.30. The van der Waals surface area contributed by atoms with Gasteiger partial charge in [0.1, 0.15) is 0 Å². The van der Waals surface area contributed by atoms with Crippen LogP contribution in [0.15, 0.2) is 16.8 Å². The van der Waals surface area contributed by atoms with E-state index in [2.05, 4.69) is 35.6 Å². The van der Waals surface area contributed by atoms with E-state index >= 15 is 0 Å². The smallest absolute Gasteiger partial charge is 0.0948 e. The van der Waals surface area contributed by atoms with Crippen molar-refractivity contribution in [1.82, 2.24) is 4.90 Å². The molecule has 2 nitrogen and oxygen atoms in total. The topological polar surface area (TPSA) is 29.3 Å². The molecule has 1 saturated heterocycles. The molecule has 0 radical (unpaired) electrons. The first-order valence-electron chi connectivity index (χ1n) is 6.13. The minimum atomic E-state index is 0.126. The third kappa shape index (κ3) is 3.06. The van der Waals surface area contributed by atoms with Crippen LogP contribution in [-0.4, -0.2) is 23.0 Å². The minimum Gasteiger partial charge on any atom is -0.392 e. The summed E-state index contributed by atoms with van der Waals surface area (Å²) in [5, 5.41) is 4.26. The summed E-state index contributed by atoms with van der Waals surface area (Å²) in [7, 11) is 0. The maximum absolute atomic E-state index is 5.94. The summed E-state index contributed by atoms with van der Waals surface area (Å²) < 4.78 is 0. The Labute approximate surface area is 113 Å². The van der Waals surface area contributed by atoms with E-state index in [0.29, 0.717) is 4.99 Å². The second-order valence-corrected chi connectivity index (χ2v) is 6.51. The molecule has 1 aliphatic heterocycles. The van der Waals surface area contributed by atoms with Crippen molar-refractivity contribution in [2.24, 2.45) is 17.6 Å². The Morgan fingerprint density at radius 1 is 1.47 bits per heavy atom. The molecule has 0 spiro atoms. The van der Waals surface area contributed by atoms with Crippen molar-refractivity contribution in [3.63, 3.8) is 0 Å². The highest BCUT2D eigenvalue weighted by Crippen LogP contribution is 2.30. The van der Waals surface area contributed by atoms with E-state index in [1.54, 1.807) is 11.3 Å². The molecule has 3 unspecified atom stereocenters. The molecule has 3 atom stereocenters. The van der Waals surface area contributed by atoms with Crippen LogP contribution in [-0.2, 0) is 0 Å². The summed E-state index contributed by atoms with van der Waals surface area (Å²) in [5.41, 5.74) is 7.20. The Kier molecular flexibility index (Phi) is 4.17. The molecule has 94 valence electrons. The molecule has 2 rings (SSSR count). The zero-order valence-corrected chi connectivity index (χ0v) is 12.1. The van der Waals surface area contributed by atoms with E-state index in [9.17, 15) is 0 Å². The summed E-state index contributed by atoms with van der Waals surface area (Å²) >= 11 is 6.97. The highest BCUT2D eigenvalue weighted by molar-refractivity contribution is 7.80. The van der Waals surface area contributed by atoms with Gasteiger partial charge < -0.3 is 5.73 Å². The average molecular weight is 268 g/mol. The molecule has 0 saturated carbocycles. The molecule has 1 fully saturated rings. The number of thiocarbonyl (C=S) groups is 1. The van der Waals surface area contributed by atoms with Crippen LogP contribution in [0.4, 0.5) is 0 Å². The second kappa shape index (κ2) is 5.46. The van der Waals surface area contributed by atoms with Gasteiger partial charge in [-0.25, -0.2) is 0 Å². The number of likely N-dealkylation sites (tertiary alicyclic amines) is 1. The van der Waals surface area contributed by atoms with Crippen LogP contribution >= 0.6 is 23.6 Å². The van der Waals surface area contributed by atoms with E-state index in [1.165, 1.54) is 12.0 Å². The molecule has 1 aliphatic rings. The van der Waals surface area contributed by atoms with Gasteiger partial charge in [0, 0.05) is 13.1 Å². The van der Waals surface area contributed by atoms with E-state index in [1.807, 2.05) is 0 Å². The van der Waals surface area contributed by atoms with E-state index < -0.39 is 0 Å². The normalized spacial score (nSPS) is 27.9. The van der Waals surface area contributed by atoms with Crippen LogP contribution < -0.4 is 5.73 Å². The van der Waals surface area contributed by atoms with Crippen LogP contribution in [0.25, 0.3) is 0 Å². The van der Waals surface area contributed by atoms with Crippen LogP contribution in [0.5, 0.6) is 0 Å². The van der Waals surface area contributed by atoms with Gasteiger partial charge >= 0.3 is 0 Å². The SMILES string of the molecule is CC1CC(C)CN(C(C(N)=S)c2ccsc2)C1. The molecule has 0 bridgehead atoms. The van der Waals surface area contributed by atoms with Gasteiger partial charge in [0.05, 0.1) is 11.0 Å². The summed E-state index contributed by atoms with van der Waals surface area (Å²) in [6.07, 6.45) is 1.31. The van der Waals surface area contributed by atoms with Crippen molar-refractivity contribution in [2.45, 2.75) is 26.3 Å². The van der Waals surface area contributed by atoms with Gasteiger partial charge in [-0.15, -0.1) is 0 Å². The van der Waals surface area contributed by atoms with Gasteiger partial charge in [-0.2, -0.15) is 11.3 Å². The van der Waals surface area contributed by atoms with Crippen LogP contribution in [0.1, 0.15) is 31.9 Å². The Balaban J connectivity index is 2.19. The number of piperidine rings is 1. The summed E-state index contributed by atoms with van der Waals surface area (Å²) in [4.78, 5) is 3.05. The zero-order valence-electron chi connectivity index (χ0n) is 10.4. The monoisotopic (exact) mass is 268 g/mol. The van der Waals surface area contributed by atoms with Gasteiger partial charge in [-0.1, -0.05) is 26.1 Å². The lowest BCUT2D eigenvalue weighted by atomic mass is 9.90. The fourth-order valence-corrected chi connectivity index (χ4v) is 3.87. The Bertz CT molecular complexity index is 365. The van der Waals surface area contributed by atoms with Crippen molar-refractivity contribution in [1.29, 1.82) is 0 Å². The van der Waals surface area contributed by atoms with Crippen LogP contribution in [0.3, 0.4) is 0 Å². The van der Waals surface area contributed by atoms with Crippen molar-refractivity contribution < 1.29 is 0 Å². The molecule has 1 aromatic rings. The standard InChI is InChI=1S/C13H20N2S2/c1-9-5-10(2)7-15(6-9)12(13(14)16)11-3-4-17-8-11/h3-4,8-10,12H,5-7H2,1-2H3,(H2,14,16). The third-order valence-corrected chi connectivity index (χ3v) is 4.32. The van der Waals surface area contributed by atoms with Crippen molar-refractivity contribution in [2.75, 3.05) is 13.1 Å². The van der Waals surface area contributed by atoms with Crippen molar-refractivity contribution in [3.05, 3.63) is 22.4 Å². The fourth-order valence-electron chi connectivity index (χ4n) is 2.91. The quantitative estimate of drug-likeness (QED) is 0.854. The molecular formula is C13H20N2S2. The largest absolute Gasteiger partial charge is 0.392 e. The number of rotatable bonds is 3. The lowest BCUT2D eigenvalue weighted by molar-refractivity contribution is 0.123. The van der Waals surface area contributed by atoms with Crippen LogP contribution in [0, 0.1) is 11.8 Å². The maximum atomic E-state index is 5.94. The van der Waals surface area contributed by atoms with Gasteiger partial charge in [-0.3, -0.25) is 4.90 Å². The predicted molar refractivity (Wildman–Crippen MR) is 78.4 cm³/mol. The molecular weight excluding hydrogens is 248 g/mol. The van der Waals surface area contributed by atoms with E-state index in [4.69, 9.17) is 18.0 Å². The van der Waals surface area contributed by atoms with Crippen LogP contribution in [0.2, 0.25) is 0 Å². The molecule has 0 aromatic carbocycles. The lowest BCUT2D eigenvalue weighted by Crippen LogP contribution is -2.45. The number of nitrogens with two attached hydrogens (primary N) is 1. The number of hydrogen-bond donors (Lipinski definition) is 1. The molecule has 4 heteroatoms. The Morgan fingerprint density at radius 3 is 2.59 bits per heavy atom. The Morgan fingerprint density at radius 2 is 2.12 bits per heavy atom. The average Bonchev–Trinajstić information content (AvgIpc) is 2.68. The van der Waals surface area contributed by atoms with Crippen molar-refractivity contribution in [3.8, 4) is 0 Å². The first-order valence-corrected chi connectivity index (χ1v) is 7.48. The molecule has 0 amide bonds. The summed E-state index contributed by atoms with van der Waals surface area (Å²) in [5.74, 6) is 1.46. The molecule has 2 heterocycles. The van der Waals surface area contributed by atoms with Gasteiger partial charge in [-0.05, 0) is 40.6 Å². The number of hydrogen-bond acceptors (Lipinski definition) is 3. The molecule has 2 N–H and O–H groups in total. The first kappa shape index (κ1) is 13.0. The molecule has 17 heavy (non-hydrogen) atoms. The first-order chi connectivity index (χ1) is 8.08. The second-order valence-electron chi connectivity index (χ2n) is 5.26. The fraction of sp³-hybridized carbons (Fsp3) is 0.615. The number of nitrogens with zero attached hydrogens (tertiary/aromatic N) is 1. The van der Waals surface area contributed by atoms with E-state index in [-0.39, 0.29) is 6.04 Å². The lowest BCUT2D eigenvalue weighted by Gasteiger charge is -2.39. The van der Waals surface area contributed by atoms with E-state index in [0.717, 1.165) is 24.9 Å². The predicted octanol–water partition coefficient (Wildman–Crippen LogP) is 3.05. The highest BCUT2D eigenvalue weighted by atomic mass is 32.1. The maximum Gasteiger partial charge on any atom is 0.0948 e. The van der Waals surface area contributed by atoms with Crippen molar-refractivity contribution >= 4 is 28.5 Å². The summed E-state index contributed by atoms with van der Waals surface area (Å²) in [6, 6.07) is 2.26. The third-order valence-electron chi connectivity index (χ3n) is 3.39. The number of thiophene rings is 1. The zero-order chi connectivity index (χ0) is 12.4. The molecule has 1 aromatic heterocycles. The van der Waals surface area contributed by atoms with Gasteiger partial charge in [0.2, 0.25) is 0 Å². The Hall–Kier alpha value is -0.450. The summed E-state index contributed by atoms with van der Waals surface area (Å²) in [6.45, 7) is 6.82.